The predicted molar refractivity (Wildman–Crippen MR) is 98.8 cm³/mol. The first-order chi connectivity index (χ1) is 13.5. The summed E-state index contributed by atoms with van der Waals surface area (Å²) in [6.07, 6.45) is 0. The maximum atomic E-state index is 12.7. The molecule has 1 aromatic heterocycles. The number of methoxy groups -OCH3 is 1. The van der Waals surface area contributed by atoms with Crippen molar-refractivity contribution in [3.05, 3.63) is 70.7 Å². The van der Waals surface area contributed by atoms with E-state index in [-0.39, 0.29) is 30.1 Å². The van der Waals surface area contributed by atoms with Crippen LogP contribution in [0.25, 0.3) is 11.0 Å². The lowest BCUT2D eigenvalue weighted by molar-refractivity contribution is -0.581. The molecular formula is C20H18N2O6. The Morgan fingerprint density at radius 2 is 1.75 bits per heavy atom. The second kappa shape index (κ2) is 8.34. The minimum Gasteiger partial charge on any atom is -0.618 e. The molecule has 2 aromatic carbocycles. The van der Waals surface area contributed by atoms with Crippen molar-refractivity contribution in [2.45, 2.75) is 13.5 Å². The van der Waals surface area contributed by atoms with Crippen LogP contribution in [0.4, 0.5) is 0 Å². The molecule has 0 aliphatic rings. The van der Waals surface area contributed by atoms with E-state index in [1.54, 1.807) is 55.5 Å². The minimum atomic E-state index is -0.828. The summed E-state index contributed by atoms with van der Waals surface area (Å²) in [7, 11) is 1.52. The summed E-state index contributed by atoms with van der Waals surface area (Å²) < 4.78 is 15.7. The van der Waals surface area contributed by atoms with E-state index in [0.717, 1.165) is 0 Å². The highest BCUT2D eigenvalue weighted by Crippen LogP contribution is 2.16. The average molecular weight is 382 g/mol. The first-order valence-corrected chi connectivity index (χ1v) is 8.54. The van der Waals surface area contributed by atoms with Gasteiger partial charge >= 0.3 is 17.6 Å². The van der Waals surface area contributed by atoms with E-state index in [9.17, 15) is 14.8 Å². The van der Waals surface area contributed by atoms with Gasteiger partial charge < -0.3 is 19.4 Å². The zero-order valence-corrected chi connectivity index (χ0v) is 15.4. The summed E-state index contributed by atoms with van der Waals surface area (Å²) in [6, 6.07) is 12.9. The van der Waals surface area contributed by atoms with E-state index in [0.29, 0.717) is 21.6 Å². The first-order valence-electron chi connectivity index (χ1n) is 8.54. The van der Waals surface area contributed by atoms with Crippen molar-refractivity contribution >= 4 is 23.0 Å². The highest BCUT2D eigenvalue weighted by atomic mass is 16.5. The number of carbonyl (C=O) groups is 2. The van der Waals surface area contributed by atoms with Gasteiger partial charge in [-0.2, -0.15) is 4.73 Å². The Kier molecular flexibility index (Phi) is 5.69. The van der Waals surface area contributed by atoms with Crippen molar-refractivity contribution in [3.8, 4) is 5.75 Å². The molecule has 8 heteroatoms. The summed E-state index contributed by atoms with van der Waals surface area (Å²) in [5.41, 5.74) is 0.614. The predicted octanol–water partition coefficient (Wildman–Crippen LogP) is 2.41. The van der Waals surface area contributed by atoms with Gasteiger partial charge in [0.1, 0.15) is 17.9 Å². The molecule has 0 N–H and O–H groups in total. The van der Waals surface area contributed by atoms with Crippen LogP contribution in [0.15, 0.2) is 48.5 Å². The standard InChI is InChI=1S/C20H18N2O6/c1-3-27-20(24)18-16(21-15-6-4-5-7-17(15)22(18)25)12-28-19(23)13-8-10-14(26-2)11-9-13/h4-11H,3,12H2,1-2H3. The lowest BCUT2D eigenvalue weighted by Gasteiger charge is -2.11. The fourth-order valence-corrected chi connectivity index (χ4v) is 2.61. The number of fused-ring (bicyclic) bond motifs is 1. The summed E-state index contributed by atoms with van der Waals surface area (Å²) >= 11 is 0. The summed E-state index contributed by atoms with van der Waals surface area (Å²) in [5, 5.41) is 12.7. The molecule has 0 saturated carbocycles. The van der Waals surface area contributed by atoms with Gasteiger partial charge in [-0.25, -0.2) is 14.6 Å². The molecule has 0 saturated heterocycles. The van der Waals surface area contributed by atoms with Crippen molar-refractivity contribution in [2.24, 2.45) is 0 Å². The Hall–Kier alpha value is -3.68. The Morgan fingerprint density at radius 3 is 2.43 bits per heavy atom. The molecule has 8 nitrogen and oxygen atoms in total. The molecule has 3 rings (SSSR count). The largest absolute Gasteiger partial charge is 0.618 e. The number of benzene rings is 2. The van der Waals surface area contributed by atoms with Gasteiger partial charge in [-0.15, -0.1) is 0 Å². The molecule has 0 aliphatic carbocycles. The van der Waals surface area contributed by atoms with E-state index >= 15 is 0 Å². The van der Waals surface area contributed by atoms with Crippen LogP contribution in [0.2, 0.25) is 0 Å². The summed E-state index contributed by atoms with van der Waals surface area (Å²) in [5.74, 6) is -0.846. The van der Waals surface area contributed by atoms with Crippen LogP contribution < -0.4 is 9.47 Å². The third kappa shape index (κ3) is 3.85. The van der Waals surface area contributed by atoms with E-state index in [2.05, 4.69) is 4.98 Å². The number of rotatable bonds is 6. The molecule has 1 heterocycles. The number of hydrogen-bond acceptors (Lipinski definition) is 7. The number of para-hydroxylation sites is 2. The molecule has 0 bridgehead atoms. The Bertz CT molecular complexity index is 1020. The SMILES string of the molecule is CCOC(=O)c1c(COC(=O)c2ccc(OC)cc2)nc2ccccc2[n+]1[O-]. The van der Waals surface area contributed by atoms with Gasteiger partial charge in [-0.05, 0) is 37.3 Å². The topological polar surface area (TPSA) is 102 Å². The smallest absolute Gasteiger partial charge is 0.407 e. The van der Waals surface area contributed by atoms with Crippen molar-refractivity contribution in [3.63, 3.8) is 0 Å². The van der Waals surface area contributed by atoms with Crippen LogP contribution in [0.1, 0.15) is 33.5 Å². The maximum Gasteiger partial charge on any atom is 0.407 e. The quantitative estimate of drug-likeness (QED) is 0.366. The van der Waals surface area contributed by atoms with Crippen molar-refractivity contribution in [2.75, 3.05) is 13.7 Å². The molecule has 0 aliphatic heterocycles. The second-order valence-corrected chi connectivity index (χ2v) is 5.72. The van der Waals surface area contributed by atoms with Gasteiger partial charge in [0.25, 0.3) is 0 Å². The van der Waals surface area contributed by atoms with E-state index < -0.39 is 11.9 Å². The summed E-state index contributed by atoms with van der Waals surface area (Å²) in [4.78, 5) is 28.9. The van der Waals surface area contributed by atoms with Gasteiger partial charge in [-0.1, -0.05) is 12.1 Å². The van der Waals surface area contributed by atoms with Gasteiger partial charge in [0, 0.05) is 6.07 Å². The molecule has 28 heavy (non-hydrogen) atoms. The number of ether oxygens (including phenoxy) is 3. The molecular weight excluding hydrogens is 364 g/mol. The monoisotopic (exact) mass is 382 g/mol. The molecule has 0 atom stereocenters. The van der Waals surface area contributed by atoms with E-state index in [4.69, 9.17) is 14.2 Å². The maximum absolute atomic E-state index is 12.7. The number of esters is 2. The molecule has 0 unspecified atom stereocenters. The van der Waals surface area contributed by atoms with Gasteiger partial charge in [0.2, 0.25) is 5.52 Å². The fourth-order valence-electron chi connectivity index (χ4n) is 2.61. The summed E-state index contributed by atoms with van der Waals surface area (Å²) in [6.45, 7) is 1.37. The van der Waals surface area contributed by atoms with Gasteiger partial charge in [0.15, 0.2) is 5.69 Å². The van der Waals surface area contributed by atoms with Crippen LogP contribution in [0, 0.1) is 5.21 Å². The second-order valence-electron chi connectivity index (χ2n) is 5.72. The third-order valence-electron chi connectivity index (χ3n) is 3.97. The zero-order chi connectivity index (χ0) is 20.1. The molecule has 0 amide bonds. The normalized spacial score (nSPS) is 10.5. The average Bonchev–Trinajstić information content (AvgIpc) is 2.72. The van der Waals surface area contributed by atoms with Crippen molar-refractivity contribution in [1.82, 2.24) is 4.98 Å². The first kappa shape index (κ1) is 19.1. The van der Waals surface area contributed by atoms with Crippen molar-refractivity contribution in [1.29, 1.82) is 0 Å². The lowest BCUT2D eigenvalue weighted by atomic mass is 10.2. The highest BCUT2D eigenvalue weighted by molar-refractivity contribution is 5.90. The molecule has 0 fully saturated rings. The Balaban J connectivity index is 1.91. The number of hydrogen-bond donors (Lipinski definition) is 0. The van der Waals surface area contributed by atoms with Crippen LogP contribution >= 0.6 is 0 Å². The molecule has 0 spiro atoms. The fraction of sp³-hybridized carbons (Fsp3) is 0.200. The van der Waals surface area contributed by atoms with Crippen LogP contribution in [0.5, 0.6) is 5.75 Å². The number of aromatic nitrogens is 2. The number of nitrogens with zero attached hydrogens (tertiary/aromatic N) is 2. The van der Waals surface area contributed by atoms with Crippen LogP contribution in [-0.2, 0) is 16.1 Å². The Labute approximate surface area is 160 Å². The van der Waals surface area contributed by atoms with E-state index in [1.807, 2.05) is 0 Å². The van der Waals surface area contributed by atoms with Crippen molar-refractivity contribution < 1.29 is 28.5 Å². The molecule has 0 radical (unpaired) electrons. The third-order valence-corrected chi connectivity index (χ3v) is 3.97. The van der Waals surface area contributed by atoms with Gasteiger partial charge in [0.05, 0.1) is 19.3 Å². The van der Waals surface area contributed by atoms with Gasteiger partial charge in [-0.3, -0.25) is 0 Å². The van der Waals surface area contributed by atoms with Crippen LogP contribution in [0.3, 0.4) is 0 Å². The molecule has 144 valence electrons. The zero-order valence-electron chi connectivity index (χ0n) is 15.4. The minimum absolute atomic E-state index is 0.0222. The number of carbonyl (C=O) groups excluding carboxylic acids is 2. The van der Waals surface area contributed by atoms with E-state index in [1.165, 1.54) is 7.11 Å². The Morgan fingerprint density at radius 1 is 1.04 bits per heavy atom. The molecule has 3 aromatic rings. The highest BCUT2D eigenvalue weighted by Gasteiger charge is 2.28. The lowest BCUT2D eigenvalue weighted by Crippen LogP contribution is -2.39. The van der Waals surface area contributed by atoms with Crippen LogP contribution in [-0.4, -0.2) is 30.6 Å².